The van der Waals surface area contributed by atoms with Crippen molar-refractivity contribution in [3.63, 3.8) is 0 Å². The topological polar surface area (TPSA) is 64.2 Å². The minimum Gasteiger partial charge on any atom is -0.458 e. The second kappa shape index (κ2) is 22.4. The highest BCUT2D eigenvalue weighted by atomic mass is 16.5. The van der Waals surface area contributed by atoms with Crippen LogP contribution in [-0.2, 0) is 14.2 Å². The zero-order chi connectivity index (χ0) is 45.0. The molecule has 5 rings (SSSR count). The van der Waals surface area contributed by atoms with Gasteiger partial charge >= 0.3 is 5.97 Å². The third-order valence-electron chi connectivity index (χ3n) is 13.3. The quantitative estimate of drug-likeness (QED) is 0.0244. The molecular formula is C55H79N2O5+. The van der Waals surface area contributed by atoms with Gasteiger partial charge in [0.15, 0.2) is 0 Å². The fraction of sp³-hybridized carbons (Fsp3) is 0.564. The van der Waals surface area contributed by atoms with E-state index < -0.39 is 0 Å². The van der Waals surface area contributed by atoms with Gasteiger partial charge in [0.2, 0.25) is 5.36 Å². The van der Waals surface area contributed by atoms with Crippen LogP contribution < -0.4 is 14.8 Å². The zero-order valence-corrected chi connectivity index (χ0v) is 40.4. The number of nitrogens with zero attached hydrogens (tertiary/aromatic N) is 2. The van der Waals surface area contributed by atoms with Crippen molar-refractivity contribution >= 4 is 22.6 Å². The lowest BCUT2D eigenvalue weighted by Crippen LogP contribution is -2.35. The van der Waals surface area contributed by atoms with Crippen molar-refractivity contribution in [2.75, 3.05) is 50.9 Å². The lowest BCUT2D eigenvalue weighted by Gasteiger charge is -2.38. The van der Waals surface area contributed by atoms with Gasteiger partial charge in [0.25, 0.3) is 0 Å². The van der Waals surface area contributed by atoms with Gasteiger partial charge in [-0.15, -0.1) is 0 Å². The molecule has 7 nitrogen and oxygen atoms in total. The fourth-order valence-electron chi connectivity index (χ4n) is 8.45. The van der Waals surface area contributed by atoms with Gasteiger partial charge in [-0.1, -0.05) is 57.2 Å². The molecule has 1 aliphatic heterocycles. The number of carbonyl (C=O) groups excluding carboxylic acids is 1. The van der Waals surface area contributed by atoms with E-state index in [4.69, 9.17) is 18.6 Å². The number of rotatable bonds is 23. The van der Waals surface area contributed by atoms with Crippen molar-refractivity contribution in [1.82, 2.24) is 4.58 Å². The molecule has 2 aromatic carbocycles. The van der Waals surface area contributed by atoms with E-state index >= 15 is 0 Å². The average Bonchev–Trinajstić information content (AvgIpc) is 3.23. The largest absolute Gasteiger partial charge is 0.458 e. The number of benzene rings is 3. The fourth-order valence-corrected chi connectivity index (χ4v) is 8.45. The molecule has 3 aliphatic rings. The molecule has 338 valence electrons. The molecule has 0 saturated heterocycles. The molecular weight excluding hydrogens is 769 g/mol. The van der Waals surface area contributed by atoms with Gasteiger partial charge in [-0.2, -0.15) is 0 Å². The Kier molecular flexibility index (Phi) is 17.7. The molecule has 7 heteroatoms. The molecule has 0 aromatic heterocycles. The smallest absolute Gasteiger partial charge is 0.339 e. The highest BCUT2D eigenvalue weighted by Gasteiger charge is 2.32. The SMILES string of the molecule is CCN(CC)c1ccc2c(-c3ccccc3C(=O)OC/C(C)=C/CCCC(C)(C)OCCC(C)(C)OCC3CCC3/C=C\C(C)C(C)C)c3ccc(=[N+](CC)CC)cc-3oc2c1. The maximum absolute atomic E-state index is 14.0. The van der Waals surface area contributed by atoms with Gasteiger partial charge in [-0.3, -0.25) is 0 Å². The summed E-state index contributed by atoms with van der Waals surface area (Å²) in [6.45, 7) is 31.7. The summed E-state index contributed by atoms with van der Waals surface area (Å²) >= 11 is 0. The first-order valence-electron chi connectivity index (χ1n) is 23.8. The standard InChI is InChI=1S/C55H79N2O5/c1-13-56(14-2)44-28-30-48-50(35-44)62-51-36-45(57(15-3)16-4)29-31-49(51)52(48)46-22-17-18-23-47(46)53(58)59-37-40(7)21-19-20-32-54(9,10)60-34-33-55(11,12)61-38-43-27-26-42(43)25-24-41(8)39(5)6/h17-18,21-25,28-31,35-36,39,41-43H,13-16,19-20,26-27,32-34,37-38H2,1-12H3/q+1/b25-24-,40-21+. The number of anilines is 1. The predicted molar refractivity (Wildman–Crippen MR) is 260 cm³/mol. The highest BCUT2D eigenvalue weighted by molar-refractivity contribution is 6.08. The van der Waals surface area contributed by atoms with E-state index in [0.717, 1.165) is 109 Å². The molecule has 2 aliphatic carbocycles. The molecule has 62 heavy (non-hydrogen) atoms. The first kappa shape index (κ1) is 48.8. The van der Waals surface area contributed by atoms with Crippen LogP contribution in [0.2, 0.25) is 0 Å². The molecule has 1 fully saturated rings. The minimum atomic E-state index is -0.336. The number of ether oxygens (including phenoxy) is 3. The second-order valence-electron chi connectivity index (χ2n) is 19.2. The van der Waals surface area contributed by atoms with Gasteiger partial charge < -0.3 is 23.5 Å². The van der Waals surface area contributed by atoms with Crippen LogP contribution in [-0.4, -0.2) is 63.2 Å². The van der Waals surface area contributed by atoms with Crippen molar-refractivity contribution in [2.24, 2.45) is 23.7 Å². The monoisotopic (exact) mass is 848 g/mol. The van der Waals surface area contributed by atoms with E-state index in [1.54, 1.807) is 0 Å². The van der Waals surface area contributed by atoms with Crippen molar-refractivity contribution in [3.8, 4) is 22.5 Å². The third kappa shape index (κ3) is 12.9. The Balaban J connectivity index is 1.18. The van der Waals surface area contributed by atoms with E-state index in [1.807, 2.05) is 31.2 Å². The summed E-state index contributed by atoms with van der Waals surface area (Å²) in [4.78, 5) is 16.3. The van der Waals surface area contributed by atoms with Gasteiger partial charge in [0, 0.05) is 47.4 Å². The number of fused-ring (bicyclic) bond motifs is 2. The summed E-state index contributed by atoms with van der Waals surface area (Å²) in [7, 11) is 0. The van der Waals surface area contributed by atoms with Crippen LogP contribution in [0.25, 0.3) is 33.4 Å². The van der Waals surface area contributed by atoms with Crippen molar-refractivity contribution in [1.29, 1.82) is 0 Å². The second-order valence-corrected chi connectivity index (χ2v) is 19.2. The van der Waals surface area contributed by atoms with Crippen LogP contribution in [0.4, 0.5) is 5.69 Å². The van der Waals surface area contributed by atoms with E-state index in [2.05, 4.69) is 140 Å². The highest BCUT2D eigenvalue weighted by Crippen LogP contribution is 2.42. The summed E-state index contributed by atoms with van der Waals surface area (Å²) in [6.07, 6.45) is 13.3. The molecule has 2 aromatic rings. The Bertz CT molecular complexity index is 2160. The third-order valence-corrected chi connectivity index (χ3v) is 13.3. The number of hydrogen-bond acceptors (Lipinski definition) is 6. The molecule has 0 radical (unpaired) electrons. The zero-order valence-electron chi connectivity index (χ0n) is 40.4. The summed E-state index contributed by atoms with van der Waals surface area (Å²) < 4.78 is 27.9. The Hall–Kier alpha value is -4.20. The molecule has 0 amide bonds. The van der Waals surface area contributed by atoms with E-state index in [-0.39, 0.29) is 23.8 Å². The summed E-state index contributed by atoms with van der Waals surface area (Å²) in [6, 6.07) is 20.6. The lowest BCUT2D eigenvalue weighted by atomic mass is 9.73. The first-order valence-corrected chi connectivity index (χ1v) is 23.8. The molecule has 0 spiro atoms. The number of carbonyl (C=O) groups is 1. The van der Waals surface area contributed by atoms with Gasteiger partial charge in [0.1, 0.15) is 31.0 Å². The average molecular weight is 848 g/mol. The van der Waals surface area contributed by atoms with Gasteiger partial charge in [0.05, 0.1) is 36.0 Å². The Morgan fingerprint density at radius 3 is 2.29 bits per heavy atom. The molecule has 0 bridgehead atoms. The van der Waals surface area contributed by atoms with Crippen LogP contribution in [0.5, 0.6) is 0 Å². The molecule has 3 atom stereocenters. The van der Waals surface area contributed by atoms with Crippen LogP contribution in [0.1, 0.15) is 132 Å². The summed E-state index contributed by atoms with van der Waals surface area (Å²) in [5.74, 6) is 3.03. The molecule has 1 heterocycles. The maximum atomic E-state index is 14.0. The number of allylic oxidation sites excluding steroid dienone is 3. The van der Waals surface area contributed by atoms with Crippen LogP contribution in [0.15, 0.2) is 88.9 Å². The van der Waals surface area contributed by atoms with Gasteiger partial charge in [-0.05, 0) is 160 Å². The summed E-state index contributed by atoms with van der Waals surface area (Å²) in [5.41, 5.74) is 5.79. The number of hydrogen-bond donors (Lipinski definition) is 0. The Morgan fingerprint density at radius 2 is 1.61 bits per heavy atom. The minimum absolute atomic E-state index is 0.216. The van der Waals surface area contributed by atoms with E-state index in [9.17, 15) is 4.79 Å². The maximum Gasteiger partial charge on any atom is 0.339 e. The van der Waals surface area contributed by atoms with E-state index in [1.165, 1.54) is 12.8 Å². The van der Waals surface area contributed by atoms with Gasteiger partial charge in [-0.25, -0.2) is 9.37 Å². The van der Waals surface area contributed by atoms with Crippen molar-refractivity contribution < 1.29 is 23.4 Å². The molecule has 0 N–H and O–H groups in total. The first-order chi connectivity index (χ1) is 29.6. The predicted octanol–water partition coefficient (Wildman–Crippen LogP) is 13.0. The van der Waals surface area contributed by atoms with Crippen LogP contribution in [0, 0.1) is 23.7 Å². The van der Waals surface area contributed by atoms with Crippen LogP contribution >= 0.6 is 0 Å². The lowest BCUT2D eigenvalue weighted by molar-refractivity contribution is -0.0917. The van der Waals surface area contributed by atoms with Crippen molar-refractivity contribution in [3.05, 3.63) is 95.4 Å². The Labute approximate surface area is 374 Å². The summed E-state index contributed by atoms with van der Waals surface area (Å²) in [5, 5.41) is 2.07. The Morgan fingerprint density at radius 1 is 0.887 bits per heavy atom. The molecule has 3 unspecified atom stereocenters. The van der Waals surface area contributed by atoms with Crippen LogP contribution in [0.3, 0.4) is 0 Å². The molecule has 1 saturated carbocycles. The number of unbranched alkanes of at least 4 members (excludes halogenated alkanes) is 1. The normalized spacial score (nSPS) is 16.6. The van der Waals surface area contributed by atoms with Crippen molar-refractivity contribution in [2.45, 2.75) is 133 Å². The van der Waals surface area contributed by atoms with E-state index in [0.29, 0.717) is 35.8 Å². The number of esters is 1.